The lowest BCUT2D eigenvalue weighted by Gasteiger charge is -2.13. The van der Waals surface area contributed by atoms with Crippen LogP contribution in [0, 0.1) is 11.3 Å². The van der Waals surface area contributed by atoms with Crippen LogP contribution in [0.1, 0.15) is 16.8 Å². The summed E-state index contributed by atoms with van der Waals surface area (Å²) in [4.78, 5) is 4.35. The smallest absolute Gasteiger partial charge is 0.251 e. The highest BCUT2D eigenvalue weighted by atomic mass is 19.4. The summed E-state index contributed by atoms with van der Waals surface area (Å²) in [5.41, 5.74) is 0.262. The Kier molecular flexibility index (Phi) is 5.33. The molecule has 0 unspecified atom stereocenters. The van der Waals surface area contributed by atoms with E-state index < -0.39 is 23.5 Å². The topological polar surface area (TPSA) is 36.7 Å². The molecule has 0 saturated heterocycles. The van der Waals surface area contributed by atoms with Gasteiger partial charge in [-0.2, -0.15) is 31.6 Å². The Morgan fingerprint density at radius 1 is 0.690 bits per heavy atom. The van der Waals surface area contributed by atoms with Crippen LogP contribution in [0.25, 0.3) is 22.4 Å². The fraction of sp³-hybridized carbons (Fsp3) is 0.143. The van der Waals surface area contributed by atoms with Gasteiger partial charge in [0.05, 0.1) is 35.0 Å². The lowest BCUT2D eigenvalue weighted by molar-refractivity contribution is -0.138. The van der Waals surface area contributed by atoms with Gasteiger partial charge in [0, 0.05) is 11.1 Å². The van der Waals surface area contributed by atoms with Gasteiger partial charge >= 0.3 is 12.4 Å². The monoisotopic (exact) mass is 406 g/mol. The van der Waals surface area contributed by atoms with E-state index in [4.69, 9.17) is 5.26 Å². The summed E-state index contributed by atoms with van der Waals surface area (Å²) in [5, 5.41) is 8.88. The Balaban J connectivity index is 2.10. The second-order valence-electron chi connectivity index (χ2n) is 6.18. The molecule has 2 nitrogen and oxygen atoms in total. The van der Waals surface area contributed by atoms with Crippen molar-refractivity contribution in [1.29, 1.82) is 5.26 Å². The molecule has 0 N–H and O–H groups in total. The molecule has 1 aromatic heterocycles. The van der Waals surface area contributed by atoms with Gasteiger partial charge in [-0.15, -0.1) is 0 Å². The molecule has 0 aliphatic rings. The van der Waals surface area contributed by atoms with Crippen molar-refractivity contribution in [3.05, 3.63) is 77.5 Å². The van der Waals surface area contributed by atoms with Crippen LogP contribution in [0.15, 0.2) is 60.7 Å². The van der Waals surface area contributed by atoms with Crippen molar-refractivity contribution < 1.29 is 26.3 Å². The van der Waals surface area contributed by atoms with Crippen LogP contribution in [-0.4, -0.2) is 4.98 Å². The highest BCUT2D eigenvalue weighted by Gasteiger charge is 2.31. The van der Waals surface area contributed by atoms with Crippen LogP contribution in [0.3, 0.4) is 0 Å². The molecule has 8 heteroatoms. The molecular weight excluding hydrogens is 394 g/mol. The van der Waals surface area contributed by atoms with E-state index >= 15 is 0 Å². The van der Waals surface area contributed by atoms with E-state index in [1.165, 1.54) is 24.3 Å². The first-order chi connectivity index (χ1) is 13.6. The van der Waals surface area contributed by atoms with E-state index in [-0.39, 0.29) is 12.1 Å². The molecular formula is C21H12F6N2. The maximum absolute atomic E-state index is 12.8. The molecule has 0 bridgehead atoms. The summed E-state index contributed by atoms with van der Waals surface area (Å²) < 4.78 is 76.9. The van der Waals surface area contributed by atoms with E-state index in [0.717, 1.165) is 24.3 Å². The quantitative estimate of drug-likeness (QED) is 0.465. The molecule has 0 spiro atoms. The zero-order chi connectivity index (χ0) is 21.2. The molecule has 3 aromatic rings. The fourth-order valence-electron chi connectivity index (χ4n) is 2.79. The second-order valence-corrected chi connectivity index (χ2v) is 6.18. The van der Waals surface area contributed by atoms with Gasteiger partial charge < -0.3 is 0 Å². The first-order valence-electron chi connectivity index (χ1n) is 8.32. The highest BCUT2D eigenvalue weighted by Crippen LogP contribution is 2.36. The third-order valence-corrected chi connectivity index (χ3v) is 4.22. The fourth-order valence-corrected chi connectivity index (χ4v) is 2.79. The molecule has 0 amide bonds. The normalized spacial score (nSPS) is 11.9. The van der Waals surface area contributed by atoms with Crippen LogP contribution >= 0.6 is 0 Å². The summed E-state index contributed by atoms with van der Waals surface area (Å²) in [6.45, 7) is 0. The molecule has 3 rings (SSSR count). The molecule has 0 aliphatic carbocycles. The third kappa shape index (κ3) is 4.57. The Hall–Kier alpha value is -3.34. The maximum atomic E-state index is 12.8. The maximum Gasteiger partial charge on any atom is 0.416 e. The van der Waals surface area contributed by atoms with Crippen LogP contribution in [0.5, 0.6) is 0 Å². The summed E-state index contributed by atoms with van der Waals surface area (Å²) in [5.74, 6) is 0. The molecule has 0 fully saturated rings. The number of nitrogens with zero attached hydrogens (tertiary/aromatic N) is 2. The molecule has 1 heterocycles. The van der Waals surface area contributed by atoms with E-state index in [2.05, 4.69) is 4.98 Å². The lowest BCUT2D eigenvalue weighted by atomic mass is 9.97. The third-order valence-electron chi connectivity index (χ3n) is 4.22. The Bertz CT molecular complexity index is 1040. The zero-order valence-corrected chi connectivity index (χ0v) is 14.6. The summed E-state index contributed by atoms with van der Waals surface area (Å²) >= 11 is 0. The number of benzene rings is 2. The van der Waals surface area contributed by atoms with Gasteiger partial charge in [-0.3, -0.25) is 4.98 Å². The molecule has 0 radical (unpaired) electrons. The van der Waals surface area contributed by atoms with Crippen molar-refractivity contribution in [2.45, 2.75) is 18.8 Å². The van der Waals surface area contributed by atoms with Gasteiger partial charge in [-0.05, 0) is 35.9 Å². The molecule has 0 aliphatic heterocycles. The van der Waals surface area contributed by atoms with Gasteiger partial charge in [-0.25, -0.2) is 0 Å². The van der Waals surface area contributed by atoms with E-state index in [1.807, 2.05) is 6.07 Å². The van der Waals surface area contributed by atoms with Gasteiger partial charge in [-0.1, -0.05) is 30.3 Å². The van der Waals surface area contributed by atoms with E-state index in [9.17, 15) is 26.3 Å². The van der Waals surface area contributed by atoms with Gasteiger partial charge in [0.2, 0.25) is 0 Å². The summed E-state index contributed by atoms with van der Waals surface area (Å²) in [6.07, 6.45) is -8.99. The molecule has 148 valence electrons. The highest BCUT2D eigenvalue weighted by molar-refractivity contribution is 5.81. The standard InChI is InChI=1S/C21H12F6N2/c22-20(23,24)15-5-1-13(2-6-15)18-10-9-17(11-12-28)29-19(18)14-3-7-16(8-4-14)21(25,26)27/h1-10H,11H2. The summed E-state index contributed by atoms with van der Waals surface area (Å²) in [6, 6.07) is 13.8. The van der Waals surface area contributed by atoms with Crippen molar-refractivity contribution in [2.75, 3.05) is 0 Å². The lowest BCUT2D eigenvalue weighted by Crippen LogP contribution is -2.05. The number of alkyl halides is 6. The predicted molar refractivity (Wildman–Crippen MR) is 94.4 cm³/mol. The van der Waals surface area contributed by atoms with Crippen LogP contribution in [0.4, 0.5) is 26.3 Å². The minimum atomic E-state index is -4.50. The number of nitriles is 1. The van der Waals surface area contributed by atoms with Crippen molar-refractivity contribution in [3.8, 4) is 28.5 Å². The average molecular weight is 406 g/mol. The Labute approximate surface area is 162 Å². The summed E-state index contributed by atoms with van der Waals surface area (Å²) in [7, 11) is 0. The van der Waals surface area contributed by atoms with Gasteiger partial charge in [0.15, 0.2) is 0 Å². The van der Waals surface area contributed by atoms with Crippen LogP contribution in [0.2, 0.25) is 0 Å². The Morgan fingerprint density at radius 3 is 1.62 bits per heavy atom. The van der Waals surface area contributed by atoms with E-state index in [1.54, 1.807) is 12.1 Å². The number of rotatable bonds is 3. The predicted octanol–water partition coefficient (Wildman–Crippen LogP) is 6.52. The van der Waals surface area contributed by atoms with E-state index in [0.29, 0.717) is 22.4 Å². The minimum absolute atomic E-state index is 0.0130. The largest absolute Gasteiger partial charge is 0.416 e. The van der Waals surface area contributed by atoms with Crippen molar-refractivity contribution in [1.82, 2.24) is 4.98 Å². The number of hydrogen-bond donors (Lipinski definition) is 0. The molecule has 2 aromatic carbocycles. The van der Waals surface area contributed by atoms with Crippen molar-refractivity contribution >= 4 is 0 Å². The number of hydrogen-bond acceptors (Lipinski definition) is 2. The Morgan fingerprint density at radius 2 is 1.17 bits per heavy atom. The van der Waals surface area contributed by atoms with Gasteiger partial charge in [0.25, 0.3) is 0 Å². The average Bonchev–Trinajstić information content (AvgIpc) is 2.67. The number of aromatic nitrogens is 1. The van der Waals surface area contributed by atoms with Crippen LogP contribution < -0.4 is 0 Å². The molecule has 0 atom stereocenters. The van der Waals surface area contributed by atoms with Crippen LogP contribution in [-0.2, 0) is 18.8 Å². The molecule has 29 heavy (non-hydrogen) atoms. The molecule has 0 saturated carbocycles. The van der Waals surface area contributed by atoms with Crippen molar-refractivity contribution in [2.24, 2.45) is 0 Å². The second kappa shape index (κ2) is 7.59. The zero-order valence-electron chi connectivity index (χ0n) is 14.6. The van der Waals surface area contributed by atoms with Gasteiger partial charge in [0.1, 0.15) is 0 Å². The minimum Gasteiger partial charge on any atom is -0.251 e. The number of halogens is 6. The van der Waals surface area contributed by atoms with Crippen molar-refractivity contribution in [3.63, 3.8) is 0 Å². The SMILES string of the molecule is N#CCc1ccc(-c2ccc(C(F)(F)F)cc2)c(-c2ccc(C(F)(F)F)cc2)n1. The first kappa shape index (κ1) is 20.4. The number of pyridine rings is 1. The first-order valence-corrected chi connectivity index (χ1v) is 8.32.